The molecule has 6 nitrogen and oxygen atoms in total. The van der Waals surface area contributed by atoms with E-state index in [4.69, 9.17) is 5.73 Å². The second kappa shape index (κ2) is 9.16. The molecule has 0 bridgehead atoms. The van der Waals surface area contributed by atoms with Crippen LogP contribution in [0.5, 0.6) is 0 Å². The maximum absolute atomic E-state index is 11.4. The van der Waals surface area contributed by atoms with Crippen molar-refractivity contribution in [2.24, 2.45) is 5.73 Å². The molecule has 0 aliphatic carbocycles. The Hall–Kier alpha value is -1.82. The average molecular weight is 270 g/mol. The third kappa shape index (κ3) is 6.05. The van der Waals surface area contributed by atoms with E-state index in [0.29, 0.717) is 17.7 Å². The van der Waals surface area contributed by atoms with Gasteiger partial charge in [0.2, 0.25) is 6.41 Å². The number of carbonyl (C=O) groups excluding carboxylic acids is 2. The van der Waals surface area contributed by atoms with Crippen LogP contribution in [-0.2, 0) is 14.3 Å². The van der Waals surface area contributed by atoms with Crippen molar-refractivity contribution in [3.8, 4) is 0 Å². The fourth-order valence-corrected chi connectivity index (χ4v) is 1.43. The SMILES string of the molecule is CC/C=C\C(N)=C(/C)C(O)CC(NC=O)C(=O)OC. The van der Waals surface area contributed by atoms with Gasteiger partial charge in [-0.15, -0.1) is 0 Å². The number of hydrogen-bond acceptors (Lipinski definition) is 5. The summed E-state index contributed by atoms with van der Waals surface area (Å²) >= 11 is 0. The summed E-state index contributed by atoms with van der Waals surface area (Å²) in [6, 6.07) is -0.893. The maximum atomic E-state index is 11.4. The molecule has 19 heavy (non-hydrogen) atoms. The van der Waals surface area contributed by atoms with Gasteiger partial charge in [0.15, 0.2) is 0 Å². The zero-order valence-electron chi connectivity index (χ0n) is 11.6. The first-order valence-electron chi connectivity index (χ1n) is 6.06. The molecule has 0 fully saturated rings. The van der Waals surface area contributed by atoms with Crippen molar-refractivity contribution in [3.63, 3.8) is 0 Å². The average Bonchev–Trinajstić information content (AvgIpc) is 2.42. The number of nitrogens with two attached hydrogens (primary N) is 1. The molecule has 0 saturated carbocycles. The fraction of sp³-hybridized carbons (Fsp3) is 0.538. The first kappa shape index (κ1) is 17.2. The molecule has 0 rings (SSSR count). The molecule has 0 saturated heterocycles. The summed E-state index contributed by atoms with van der Waals surface area (Å²) in [6.45, 7) is 3.64. The van der Waals surface area contributed by atoms with Crippen molar-refractivity contribution in [2.45, 2.75) is 38.8 Å². The van der Waals surface area contributed by atoms with Gasteiger partial charge in [-0.2, -0.15) is 0 Å². The summed E-state index contributed by atoms with van der Waals surface area (Å²) < 4.78 is 4.54. The Morgan fingerprint density at radius 3 is 2.63 bits per heavy atom. The second-order valence-corrected chi connectivity index (χ2v) is 4.06. The van der Waals surface area contributed by atoms with Crippen LogP contribution in [0.25, 0.3) is 0 Å². The van der Waals surface area contributed by atoms with E-state index in [9.17, 15) is 14.7 Å². The van der Waals surface area contributed by atoms with E-state index in [0.717, 1.165) is 6.42 Å². The second-order valence-electron chi connectivity index (χ2n) is 4.06. The monoisotopic (exact) mass is 270 g/mol. The highest BCUT2D eigenvalue weighted by atomic mass is 16.5. The molecule has 0 spiro atoms. The van der Waals surface area contributed by atoms with Crippen molar-refractivity contribution in [1.82, 2.24) is 5.32 Å². The number of hydrogen-bond donors (Lipinski definition) is 3. The van der Waals surface area contributed by atoms with Gasteiger partial charge in [0.05, 0.1) is 13.2 Å². The van der Waals surface area contributed by atoms with Crippen molar-refractivity contribution >= 4 is 12.4 Å². The molecule has 2 atom stereocenters. The number of allylic oxidation sites excluding steroid dienone is 2. The Labute approximate surface area is 113 Å². The molecule has 0 aromatic carbocycles. The number of ether oxygens (including phenoxy) is 1. The fourth-order valence-electron chi connectivity index (χ4n) is 1.43. The number of aliphatic hydroxyl groups excluding tert-OH is 1. The van der Waals surface area contributed by atoms with Gasteiger partial charge < -0.3 is 20.9 Å². The van der Waals surface area contributed by atoms with Gasteiger partial charge in [-0.05, 0) is 25.0 Å². The number of rotatable bonds is 8. The number of amides is 1. The lowest BCUT2D eigenvalue weighted by atomic mass is 10.0. The molecule has 2 unspecified atom stereocenters. The molecule has 108 valence electrons. The van der Waals surface area contributed by atoms with Gasteiger partial charge in [0.1, 0.15) is 6.04 Å². The zero-order valence-corrected chi connectivity index (χ0v) is 11.6. The van der Waals surface area contributed by atoms with Gasteiger partial charge in [-0.3, -0.25) is 4.79 Å². The molecule has 0 aliphatic heterocycles. The van der Waals surface area contributed by atoms with Crippen LogP contribution in [0, 0.1) is 0 Å². The zero-order chi connectivity index (χ0) is 14.8. The molecule has 0 radical (unpaired) electrons. The van der Waals surface area contributed by atoms with Gasteiger partial charge in [-0.1, -0.05) is 13.0 Å². The Bertz CT molecular complexity index is 364. The Kier molecular flexibility index (Phi) is 8.28. The predicted octanol–water partition coefficient (Wildman–Crippen LogP) is 0.224. The topological polar surface area (TPSA) is 102 Å². The quantitative estimate of drug-likeness (QED) is 0.333. The lowest BCUT2D eigenvalue weighted by Crippen LogP contribution is -2.40. The summed E-state index contributed by atoms with van der Waals surface area (Å²) in [4.78, 5) is 21.8. The van der Waals surface area contributed by atoms with Crippen molar-refractivity contribution in [1.29, 1.82) is 0 Å². The summed E-state index contributed by atoms with van der Waals surface area (Å²) in [7, 11) is 1.22. The third-order valence-electron chi connectivity index (χ3n) is 2.70. The summed E-state index contributed by atoms with van der Waals surface area (Å²) in [5.74, 6) is -0.610. The van der Waals surface area contributed by atoms with Crippen LogP contribution in [-0.4, -0.2) is 36.7 Å². The molecular formula is C13H22N2O4. The van der Waals surface area contributed by atoms with E-state index in [1.807, 2.05) is 13.0 Å². The number of nitrogens with one attached hydrogen (secondary N) is 1. The summed E-state index contributed by atoms with van der Waals surface area (Å²) in [5, 5.41) is 12.3. The van der Waals surface area contributed by atoms with Gasteiger partial charge >= 0.3 is 5.97 Å². The first-order valence-corrected chi connectivity index (χ1v) is 6.06. The van der Waals surface area contributed by atoms with E-state index in [1.54, 1.807) is 13.0 Å². The third-order valence-corrected chi connectivity index (χ3v) is 2.70. The van der Waals surface area contributed by atoms with Crippen molar-refractivity contribution < 1.29 is 19.4 Å². The minimum atomic E-state index is -0.932. The van der Waals surface area contributed by atoms with Crippen molar-refractivity contribution in [3.05, 3.63) is 23.4 Å². The lowest BCUT2D eigenvalue weighted by Gasteiger charge is -2.19. The van der Waals surface area contributed by atoms with Crippen LogP contribution in [0.15, 0.2) is 23.4 Å². The van der Waals surface area contributed by atoms with Crippen LogP contribution in [0.3, 0.4) is 0 Å². The molecule has 6 heteroatoms. The predicted molar refractivity (Wildman–Crippen MR) is 71.9 cm³/mol. The first-order chi connectivity index (χ1) is 8.97. The normalized spacial score (nSPS) is 15.6. The Morgan fingerprint density at radius 1 is 1.53 bits per heavy atom. The van der Waals surface area contributed by atoms with E-state index in [-0.39, 0.29) is 6.42 Å². The van der Waals surface area contributed by atoms with Crippen molar-refractivity contribution in [2.75, 3.05) is 7.11 Å². The standard InChI is InChI=1S/C13H22N2O4/c1-4-5-6-10(14)9(2)12(17)7-11(15-8-16)13(18)19-3/h5-6,8,11-12,17H,4,7,14H2,1-3H3,(H,15,16)/b6-5-,10-9-. The largest absolute Gasteiger partial charge is 0.467 e. The van der Waals surface area contributed by atoms with Crippen LogP contribution >= 0.6 is 0 Å². The van der Waals surface area contributed by atoms with E-state index >= 15 is 0 Å². The number of carbonyl (C=O) groups is 2. The maximum Gasteiger partial charge on any atom is 0.328 e. The van der Waals surface area contributed by atoms with Gasteiger partial charge in [-0.25, -0.2) is 4.79 Å². The Balaban J connectivity index is 4.80. The molecular weight excluding hydrogens is 248 g/mol. The highest BCUT2D eigenvalue weighted by Crippen LogP contribution is 2.12. The highest BCUT2D eigenvalue weighted by Gasteiger charge is 2.23. The minimum Gasteiger partial charge on any atom is -0.467 e. The van der Waals surface area contributed by atoms with E-state index < -0.39 is 18.1 Å². The molecule has 0 aromatic heterocycles. The van der Waals surface area contributed by atoms with E-state index in [1.165, 1.54) is 7.11 Å². The van der Waals surface area contributed by atoms with Crippen LogP contribution in [0.1, 0.15) is 26.7 Å². The lowest BCUT2D eigenvalue weighted by molar-refractivity contribution is -0.144. The summed E-state index contributed by atoms with van der Waals surface area (Å²) in [6.07, 6.45) is 3.89. The van der Waals surface area contributed by atoms with Gasteiger partial charge in [0.25, 0.3) is 0 Å². The van der Waals surface area contributed by atoms with Crippen LogP contribution in [0.2, 0.25) is 0 Å². The summed E-state index contributed by atoms with van der Waals surface area (Å²) in [5.41, 5.74) is 6.78. The number of esters is 1. The van der Waals surface area contributed by atoms with Gasteiger partial charge in [0, 0.05) is 12.1 Å². The minimum absolute atomic E-state index is 0.0118. The molecule has 1 amide bonds. The number of methoxy groups -OCH3 is 1. The smallest absolute Gasteiger partial charge is 0.328 e. The molecule has 0 aliphatic rings. The Morgan fingerprint density at radius 2 is 2.16 bits per heavy atom. The molecule has 0 aromatic rings. The highest BCUT2D eigenvalue weighted by molar-refractivity contribution is 5.78. The number of aliphatic hydroxyl groups is 1. The van der Waals surface area contributed by atoms with Crippen LogP contribution in [0.4, 0.5) is 0 Å². The van der Waals surface area contributed by atoms with E-state index in [2.05, 4.69) is 10.1 Å². The molecule has 4 N–H and O–H groups in total. The van der Waals surface area contributed by atoms with Crippen LogP contribution < -0.4 is 11.1 Å². The molecule has 0 heterocycles.